The maximum absolute atomic E-state index is 12.8. The normalized spacial score (nSPS) is 52.4. The van der Waals surface area contributed by atoms with Crippen molar-refractivity contribution in [1.29, 1.82) is 0 Å². The number of fused-ring (bicyclic) bond motifs is 4. The number of piperazine rings is 1. The van der Waals surface area contributed by atoms with E-state index >= 15 is 0 Å². The van der Waals surface area contributed by atoms with Crippen LogP contribution in [0, 0.1) is 40.4 Å². The van der Waals surface area contributed by atoms with Gasteiger partial charge in [-0.2, -0.15) is 0 Å². The van der Waals surface area contributed by atoms with Crippen LogP contribution in [0.3, 0.4) is 0 Å². The highest BCUT2D eigenvalue weighted by Gasteiger charge is 2.70. The van der Waals surface area contributed by atoms with Crippen molar-refractivity contribution in [3.8, 4) is 0 Å². The number of halogens is 1. The molecule has 4 bridgehead atoms. The Labute approximate surface area is 264 Å². The van der Waals surface area contributed by atoms with Crippen LogP contribution < -0.4 is 0 Å². The van der Waals surface area contributed by atoms with Crippen LogP contribution in [0.1, 0.15) is 86.5 Å². The Morgan fingerprint density at radius 2 is 1.70 bits per heavy atom. The Hall–Kier alpha value is -0.750. The molecule has 0 aromatic heterocycles. The molecular weight excluding hydrogens is 616 g/mol. The zero-order valence-corrected chi connectivity index (χ0v) is 28.2. The first-order valence-electron chi connectivity index (χ1n) is 16.8. The second kappa shape index (κ2) is 9.88. The lowest BCUT2D eigenvalue weighted by atomic mass is 9.58. The summed E-state index contributed by atoms with van der Waals surface area (Å²) in [5.41, 5.74) is 0.625. The number of hydrogen-bond acceptors (Lipinski definition) is 9. The van der Waals surface area contributed by atoms with Crippen LogP contribution in [0.2, 0.25) is 0 Å². The fourth-order valence-corrected chi connectivity index (χ4v) is 11.3. The maximum atomic E-state index is 12.8. The quantitative estimate of drug-likeness (QED) is 0.285. The average molecular weight is 666 g/mol. The van der Waals surface area contributed by atoms with Crippen LogP contribution >= 0.6 is 15.9 Å². The fourth-order valence-electron chi connectivity index (χ4n) is 10.8. The van der Waals surface area contributed by atoms with Crippen LogP contribution in [-0.4, -0.2) is 78.2 Å². The predicted molar refractivity (Wildman–Crippen MR) is 160 cm³/mol. The lowest BCUT2D eigenvalue weighted by Gasteiger charge is -2.61. The second-order valence-electron chi connectivity index (χ2n) is 16.0. The van der Waals surface area contributed by atoms with Gasteiger partial charge in [-0.3, -0.25) is 4.90 Å². The van der Waals surface area contributed by atoms with Gasteiger partial charge in [-0.05, 0) is 90.0 Å². The molecule has 0 radical (unpaired) electrons. The van der Waals surface area contributed by atoms with Crippen molar-refractivity contribution in [2.75, 3.05) is 26.2 Å². The van der Waals surface area contributed by atoms with E-state index in [2.05, 4.69) is 60.3 Å². The highest BCUT2D eigenvalue weighted by Crippen LogP contribution is 2.67. The van der Waals surface area contributed by atoms with E-state index in [0.717, 1.165) is 64.0 Å². The molecule has 12 atom stereocenters. The number of cyclic esters (lactones) is 1. The molecule has 9 nitrogen and oxygen atoms in total. The first kappa shape index (κ1) is 29.6. The summed E-state index contributed by atoms with van der Waals surface area (Å²) in [6.07, 6.45) is 6.53. The number of rotatable bonds is 4. The fraction of sp³-hybridized carbons (Fsp3) is 0.909. The van der Waals surface area contributed by atoms with Gasteiger partial charge in [-0.25, -0.2) is 14.6 Å². The number of nitrogens with zero attached hydrogens (tertiary/aromatic N) is 2. The number of esters is 1. The Morgan fingerprint density at radius 3 is 2.40 bits per heavy atom. The molecule has 6 aliphatic heterocycles. The third kappa shape index (κ3) is 4.05. The largest absolute Gasteiger partial charge is 0.426 e. The van der Waals surface area contributed by atoms with Crippen LogP contribution in [0.4, 0.5) is 0 Å². The summed E-state index contributed by atoms with van der Waals surface area (Å²) in [6, 6.07) is 0. The molecule has 9 rings (SSSR count). The van der Waals surface area contributed by atoms with Crippen LogP contribution in [-0.2, 0) is 33.5 Å². The molecule has 0 amide bonds. The van der Waals surface area contributed by atoms with Crippen LogP contribution in [0.5, 0.6) is 0 Å². The van der Waals surface area contributed by atoms with E-state index in [1.54, 1.807) is 0 Å². The number of ether oxygens (including phenoxy) is 4. The van der Waals surface area contributed by atoms with Crippen molar-refractivity contribution in [2.45, 2.75) is 123 Å². The van der Waals surface area contributed by atoms with Gasteiger partial charge in [0, 0.05) is 44.4 Å². The minimum atomic E-state index is -0.769. The van der Waals surface area contributed by atoms with Gasteiger partial charge in [0.2, 0.25) is 12.1 Å². The lowest BCUT2D eigenvalue weighted by molar-refractivity contribution is -0.574. The Balaban J connectivity index is 0.979. The third-order valence-corrected chi connectivity index (χ3v) is 14.7. The van der Waals surface area contributed by atoms with E-state index in [1.165, 1.54) is 12.8 Å². The minimum absolute atomic E-state index is 0.0643. The molecule has 0 aromatic rings. The average Bonchev–Trinajstić information content (AvgIpc) is 3.33. The zero-order chi connectivity index (χ0) is 30.1. The molecule has 3 aliphatic carbocycles. The van der Waals surface area contributed by atoms with Gasteiger partial charge >= 0.3 is 5.97 Å². The number of carbonyl (C=O) groups excluding carboxylic acids is 1. The summed E-state index contributed by atoms with van der Waals surface area (Å²) < 4.78 is 26.6. The molecule has 3 saturated carbocycles. The molecule has 10 heteroatoms. The molecular formula is C33H49BrN2O7. The predicted octanol–water partition coefficient (Wildman–Crippen LogP) is 5.53. The molecule has 4 unspecified atom stereocenters. The monoisotopic (exact) mass is 664 g/mol. The number of hydrogen-bond donors (Lipinski definition) is 0. The summed E-state index contributed by atoms with van der Waals surface area (Å²) >= 11 is 3.58. The Morgan fingerprint density at radius 1 is 0.930 bits per heavy atom. The van der Waals surface area contributed by atoms with E-state index in [9.17, 15) is 4.79 Å². The summed E-state index contributed by atoms with van der Waals surface area (Å²) in [6.45, 7) is 17.0. The Bertz CT molecular complexity index is 1210. The summed E-state index contributed by atoms with van der Waals surface area (Å²) in [5.74, 6) is 1.05. The summed E-state index contributed by atoms with van der Waals surface area (Å²) in [4.78, 5) is 29.9. The molecule has 8 fully saturated rings. The molecule has 0 aromatic carbocycles. The zero-order valence-electron chi connectivity index (χ0n) is 26.6. The smallest absolute Gasteiger partial charge is 0.349 e. The summed E-state index contributed by atoms with van der Waals surface area (Å²) in [7, 11) is 0. The van der Waals surface area contributed by atoms with E-state index in [4.69, 9.17) is 28.7 Å². The van der Waals surface area contributed by atoms with E-state index < -0.39 is 24.0 Å². The van der Waals surface area contributed by atoms with Gasteiger partial charge < -0.3 is 23.8 Å². The van der Waals surface area contributed by atoms with E-state index in [0.29, 0.717) is 28.2 Å². The topological polar surface area (TPSA) is 78.9 Å². The van der Waals surface area contributed by atoms with Crippen molar-refractivity contribution >= 4 is 21.9 Å². The lowest BCUT2D eigenvalue weighted by Crippen LogP contribution is -2.72. The molecule has 0 N–H and O–H groups in total. The molecule has 43 heavy (non-hydrogen) atoms. The first-order valence-corrected chi connectivity index (χ1v) is 17.6. The maximum Gasteiger partial charge on any atom is 0.349 e. The minimum Gasteiger partial charge on any atom is -0.426 e. The summed E-state index contributed by atoms with van der Waals surface area (Å²) in [5, 5.41) is 0. The van der Waals surface area contributed by atoms with E-state index in [-0.39, 0.29) is 35.0 Å². The molecule has 1 spiro atoms. The van der Waals surface area contributed by atoms with Gasteiger partial charge in [-0.1, -0.05) is 34.6 Å². The standard InChI is InChI=1S/C33H49BrN2O7/c1-18-7-8-22-19(2)26(39-29-33(22)21(18)10-12-32(6,41-29)42-43-33)36-15-13-35(14-16-36)25-24(34)27(37)40-28(25)38-23-17-20-9-11-31(23,5)30(20,3)4/h18-23,26,28-29H,7-17H2,1-6H3/t18-,19-,20?,21+,22+,23?,26-,28?,29-,31?,32-,33-/m1/s1. The van der Waals surface area contributed by atoms with Crippen molar-refractivity contribution < 1.29 is 33.5 Å². The van der Waals surface area contributed by atoms with Gasteiger partial charge in [-0.15, -0.1) is 0 Å². The van der Waals surface area contributed by atoms with Gasteiger partial charge in [0.15, 0.2) is 11.9 Å². The van der Waals surface area contributed by atoms with Crippen LogP contribution in [0.25, 0.3) is 0 Å². The van der Waals surface area contributed by atoms with Gasteiger partial charge in [0.25, 0.3) is 0 Å². The first-order chi connectivity index (χ1) is 20.4. The van der Waals surface area contributed by atoms with Crippen molar-refractivity contribution in [3.05, 3.63) is 10.2 Å². The van der Waals surface area contributed by atoms with Gasteiger partial charge in [0.05, 0.1) is 6.10 Å². The van der Waals surface area contributed by atoms with Gasteiger partial charge in [0.1, 0.15) is 16.4 Å². The van der Waals surface area contributed by atoms with Crippen molar-refractivity contribution in [3.63, 3.8) is 0 Å². The molecule has 240 valence electrons. The SMILES string of the molecule is C[C@H]1[C@H](N2CCN(C3=C(Br)C(=O)OC3OC3CC4CCC3(C)C4(C)C)CC2)O[C@@H]2O[C@@]3(C)CC[C@H]4[C@H](C)CC[C@@H]1[C@@]24OO3. The molecule has 9 aliphatic rings. The van der Waals surface area contributed by atoms with E-state index in [1.807, 2.05) is 6.92 Å². The van der Waals surface area contributed by atoms with Crippen LogP contribution in [0.15, 0.2) is 10.2 Å². The highest BCUT2D eigenvalue weighted by atomic mass is 79.9. The second-order valence-corrected chi connectivity index (χ2v) is 16.8. The Kier molecular flexibility index (Phi) is 6.81. The number of carbonyl (C=O) groups is 1. The van der Waals surface area contributed by atoms with Crippen molar-refractivity contribution in [2.24, 2.45) is 40.4 Å². The van der Waals surface area contributed by atoms with Crippen molar-refractivity contribution in [1.82, 2.24) is 9.80 Å². The highest BCUT2D eigenvalue weighted by molar-refractivity contribution is 9.12. The molecule has 6 heterocycles. The molecule has 5 saturated heterocycles. The third-order valence-electron chi connectivity index (χ3n) is 14.0.